The Labute approximate surface area is 156 Å². The third kappa shape index (κ3) is 4.68. The van der Waals surface area contributed by atoms with Crippen LogP contribution < -0.4 is 4.74 Å². The number of ether oxygens (including phenoxy) is 1. The first-order valence-corrected chi connectivity index (χ1v) is 8.35. The normalized spacial score (nSPS) is 10.7. The SMILES string of the molecule is O=C(C=Cc1ccc(OC(=O)c2ccccc2)cc1)c1ccc(Cl)cc1. The molecule has 0 aliphatic carbocycles. The predicted octanol–water partition coefficient (Wildman–Crippen LogP) is 5.46. The van der Waals surface area contributed by atoms with E-state index in [9.17, 15) is 9.59 Å². The van der Waals surface area contributed by atoms with Gasteiger partial charge >= 0.3 is 5.97 Å². The molecule has 0 bridgehead atoms. The number of carbonyl (C=O) groups is 2. The molecular weight excluding hydrogens is 348 g/mol. The molecule has 0 aliphatic heterocycles. The van der Waals surface area contributed by atoms with Crippen LogP contribution in [0.3, 0.4) is 0 Å². The van der Waals surface area contributed by atoms with Gasteiger partial charge in [-0.25, -0.2) is 4.79 Å². The lowest BCUT2D eigenvalue weighted by atomic mass is 10.1. The van der Waals surface area contributed by atoms with E-state index in [-0.39, 0.29) is 5.78 Å². The van der Waals surface area contributed by atoms with Crippen molar-refractivity contribution in [2.24, 2.45) is 0 Å². The Hall–Kier alpha value is -3.17. The highest BCUT2D eigenvalue weighted by molar-refractivity contribution is 6.30. The quantitative estimate of drug-likeness (QED) is 0.262. The van der Waals surface area contributed by atoms with E-state index in [4.69, 9.17) is 16.3 Å². The Bertz CT molecular complexity index is 927. The van der Waals surface area contributed by atoms with E-state index in [1.54, 1.807) is 78.9 Å². The largest absolute Gasteiger partial charge is 0.423 e. The second-order valence-electron chi connectivity index (χ2n) is 5.53. The monoisotopic (exact) mass is 362 g/mol. The van der Waals surface area contributed by atoms with Crippen molar-refractivity contribution in [2.75, 3.05) is 0 Å². The Morgan fingerprint density at radius 3 is 2.08 bits per heavy atom. The molecule has 4 heteroatoms. The van der Waals surface area contributed by atoms with Crippen molar-refractivity contribution in [1.29, 1.82) is 0 Å². The molecule has 128 valence electrons. The Kier molecular flexibility index (Phi) is 5.62. The van der Waals surface area contributed by atoms with Crippen LogP contribution in [0.1, 0.15) is 26.3 Å². The summed E-state index contributed by atoms with van der Waals surface area (Å²) < 4.78 is 5.32. The molecule has 0 N–H and O–H groups in total. The average molecular weight is 363 g/mol. The molecule has 0 unspecified atom stereocenters. The number of allylic oxidation sites excluding steroid dienone is 1. The summed E-state index contributed by atoms with van der Waals surface area (Å²) >= 11 is 5.81. The fraction of sp³-hybridized carbons (Fsp3) is 0. The van der Waals surface area contributed by atoms with Crippen LogP contribution in [-0.4, -0.2) is 11.8 Å². The van der Waals surface area contributed by atoms with E-state index in [1.807, 2.05) is 6.07 Å². The molecule has 3 aromatic carbocycles. The van der Waals surface area contributed by atoms with Gasteiger partial charge in [-0.05, 0) is 60.2 Å². The lowest BCUT2D eigenvalue weighted by molar-refractivity contribution is 0.0734. The number of carbonyl (C=O) groups excluding carboxylic acids is 2. The van der Waals surface area contributed by atoms with Crippen LogP contribution in [-0.2, 0) is 0 Å². The van der Waals surface area contributed by atoms with Gasteiger partial charge in [0, 0.05) is 10.6 Å². The van der Waals surface area contributed by atoms with Crippen LogP contribution in [0, 0.1) is 0 Å². The maximum absolute atomic E-state index is 12.1. The van der Waals surface area contributed by atoms with E-state index in [1.165, 1.54) is 6.08 Å². The first-order valence-electron chi connectivity index (χ1n) is 7.97. The molecule has 0 saturated carbocycles. The van der Waals surface area contributed by atoms with Gasteiger partial charge in [-0.2, -0.15) is 0 Å². The zero-order valence-corrected chi connectivity index (χ0v) is 14.5. The van der Waals surface area contributed by atoms with Crippen LogP contribution in [0.2, 0.25) is 5.02 Å². The number of hydrogen-bond acceptors (Lipinski definition) is 3. The fourth-order valence-electron chi connectivity index (χ4n) is 2.27. The number of halogens is 1. The average Bonchev–Trinajstić information content (AvgIpc) is 2.68. The zero-order valence-electron chi connectivity index (χ0n) is 13.8. The van der Waals surface area contributed by atoms with E-state index in [0.717, 1.165) is 5.56 Å². The van der Waals surface area contributed by atoms with Gasteiger partial charge in [-0.15, -0.1) is 0 Å². The lowest BCUT2D eigenvalue weighted by Crippen LogP contribution is -2.07. The fourth-order valence-corrected chi connectivity index (χ4v) is 2.40. The minimum Gasteiger partial charge on any atom is -0.423 e. The van der Waals surface area contributed by atoms with Gasteiger partial charge in [-0.3, -0.25) is 4.79 Å². The molecular formula is C22H15ClO3. The van der Waals surface area contributed by atoms with Gasteiger partial charge in [0.1, 0.15) is 5.75 Å². The molecule has 3 rings (SSSR count). The molecule has 26 heavy (non-hydrogen) atoms. The van der Waals surface area contributed by atoms with Gasteiger partial charge in [0.25, 0.3) is 0 Å². The van der Waals surface area contributed by atoms with Crippen LogP contribution in [0.5, 0.6) is 5.75 Å². The molecule has 0 aromatic heterocycles. The van der Waals surface area contributed by atoms with E-state index >= 15 is 0 Å². The third-order valence-electron chi connectivity index (χ3n) is 3.66. The summed E-state index contributed by atoms with van der Waals surface area (Å²) in [4.78, 5) is 24.1. The van der Waals surface area contributed by atoms with Crippen molar-refractivity contribution in [3.8, 4) is 5.75 Å². The number of esters is 1. The Balaban J connectivity index is 1.63. The molecule has 0 saturated heterocycles. The number of rotatable bonds is 5. The lowest BCUT2D eigenvalue weighted by Gasteiger charge is -2.04. The van der Waals surface area contributed by atoms with Crippen LogP contribution in [0.4, 0.5) is 0 Å². The first-order chi connectivity index (χ1) is 12.6. The highest BCUT2D eigenvalue weighted by Gasteiger charge is 2.07. The molecule has 3 aromatic rings. The van der Waals surface area contributed by atoms with Gasteiger partial charge in [-0.1, -0.05) is 48.0 Å². The zero-order chi connectivity index (χ0) is 18.4. The minimum absolute atomic E-state index is 0.110. The Morgan fingerprint density at radius 1 is 0.769 bits per heavy atom. The smallest absolute Gasteiger partial charge is 0.343 e. The van der Waals surface area contributed by atoms with Crippen LogP contribution >= 0.6 is 11.6 Å². The summed E-state index contributed by atoms with van der Waals surface area (Å²) in [6.07, 6.45) is 3.20. The second kappa shape index (κ2) is 8.28. The topological polar surface area (TPSA) is 43.4 Å². The van der Waals surface area contributed by atoms with Crippen LogP contribution in [0.25, 0.3) is 6.08 Å². The maximum atomic E-state index is 12.1. The van der Waals surface area contributed by atoms with Gasteiger partial charge in [0.2, 0.25) is 0 Å². The summed E-state index contributed by atoms with van der Waals surface area (Å²) in [5, 5.41) is 0.589. The summed E-state index contributed by atoms with van der Waals surface area (Å²) in [7, 11) is 0. The summed E-state index contributed by atoms with van der Waals surface area (Å²) in [5.74, 6) is -0.0758. The Morgan fingerprint density at radius 2 is 1.42 bits per heavy atom. The first kappa shape index (κ1) is 17.6. The number of hydrogen-bond donors (Lipinski definition) is 0. The second-order valence-corrected chi connectivity index (χ2v) is 5.97. The molecule has 3 nitrogen and oxygen atoms in total. The molecule has 0 atom stereocenters. The number of ketones is 1. The van der Waals surface area contributed by atoms with E-state index < -0.39 is 5.97 Å². The van der Waals surface area contributed by atoms with Crippen molar-refractivity contribution >= 4 is 29.4 Å². The minimum atomic E-state index is -0.410. The van der Waals surface area contributed by atoms with Crippen molar-refractivity contribution in [3.63, 3.8) is 0 Å². The third-order valence-corrected chi connectivity index (χ3v) is 3.91. The van der Waals surface area contributed by atoms with E-state index in [2.05, 4.69) is 0 Å². The molecule has 0 heterocycles. The molecule has 0 radical (unpaired) electrons. The van der Waals surface area contributed by atoms with Gasteiger partial charge in [0.05, 0.1) is 5.56 Å². The van der Waals surface area contributed by atoms with E-state index in [0.29, 0.717) is 21.9 Å². The standard InChI is InChI=1S/C22H15ClO3/c23-19-11-9-17(10-12-19)21(24)15-8-16-6-13-20(14-7-16)26-22(25)18-4-2-1-3-5-18/h1-15H. The van der Waals surface area contributed by atoms with Crippen LogP contribution in [0.15, 0.2) is 84.9 Å². The van der Waals surface area contributed by atoms with Crippen molar-refractivity contribution in [1.82, 2.24) is 0 Å². The highest BCUT2D eigenvalue weighted by Crippen LogP contribution is 2.16. The summed E-state index contributed by atoms with van der Waals surface area (Å²) in [5.41, 5.74) is 1.89. The molecule has 0 aliphatic rings. The maximum Gasteiger partial charge on any atom is 0.343 e. The van der Waals surface area contributed by atoms with Crippen molar-refractivity contribution in [3.05, 3.63) is 107 Å². The molecule has 0 fully saturated rings. The highest BCUT2D eigenvalue weighted by atomic mass is 35.5. The van der Waals surface area contributed by atoms with Crippen molar-refractivity contribution < 1.29 is 14.3 Å². The van der Waals surface area contributed by atoms with Crippen molar-refractivity contribution in [2.45, 2.75) is 0 Å². The predicted molar refractivity (Wildman–Crippen MR) is 103 cm³/mol. The van der Waals surface area contributed by atoms with Gasteiger partial charge in [0.15, 0.2) is 5.78 Å². The summed E-state index contributed by atoms with van der Waals surface area (Å²) in [6, 6.07) is 22.4. The summed E-state index contributed by atoms with van der Waals surface area (Å²) in [6.45, 7) is 0. The number of benzene rings is 3. The molecule has 0 amide bonds. The van der Waals surface area contributed by atoms with Gasteiger partial charge < -0.3 is 4.74 Å². The molecule has 0 spiro atoms.